The van der Waals surface area contributed by atoms with Crippen molar-refractivity contribution >= 4 is 15.9 Å². The van der Waals surface area contributed by atoms with Crippen LogP contribution < -0.4 is 0 Å². The third-order valence-corrected chi connectivity index (χ3v) is 3.52. The SMILES string of the molecule is CN(C)C1CN(Cc2ccc(Br)cc2)C1. The van der Waals surface area contributed by atoms with E-state index in [1.165, 1.54) is 18.7 Å². The average Bonchev–Trinajstić information content (AvgIpc) is 2.13. The summed E-state index contributed by atoms with van der Waals surface area (Å²) in [6, 6.07) is 9.34. The Balaban J connectivity index is 1.82. The summed E-state index contributed by atoms with van der Waals surface area (Å²) in [5.74, 6) is 0. The van der Waals surface area contributed by atoms with Gasteiger partial charge < -0.3 is 4.90 Å². The summed E-state index contributed by atoms with van der Waals surface area (Å²) >= 11 is 3.45. The number of nitrogens with zero attached hydrogens (tertiary/aromatic N) is 2. The molecule has 0 bridgehead atoms. The van der Waals surface area contributed by atoms with Gasteiger partial charge in [0.25, 0.3) is 0 Å². The minimum Gasteiger partial charge on any atom is -0.304 e. The molecule has 0 radical (unpaired) electrons. The Morgan fingerprint density at radius 3 is 2.40 bits per heavy atom. The number of rotatable bonds is 3. The van der Waals surface area contributed by atoms with E-state index in [1.54, 1.807) is 0 Å². The fourth-order valence-electron chi connectivity index (χ4n) is 1.85. The van der Waals surface area contributed by atoms with Crippen LogP contribution in [0.15, 0.2) is 28.7 Å². The number of benzene rings is 1. The van der Waals surface area contributed by atoms with Crippen LogP contribution in [0.1, 0.15) is 5.56 Å². The van der Waals surface area contributed by atoms with Crippen LogP contribution in [0.3, 0.4) is 0 Å². The largest absolute Gasteiger partial charge is 0.304 e. The van der Waals surface area contributed by atoms with E-state index >= 15 is 0 Å². The quantitative estimate of drug-likeness (QED) is 0.830. The van der Waals surface area contributed by atoms with Gasteiger partial charge in [0.2, 0.25) is 0 Å². The first-order chi connectivity index (χ1) is 7.15. The molecule has 1 heterocycles. The predicted octanol–water partition coefficient (Wildman–Crippen LogP) is 2.19. The highest BCUT2D eigenvalue weighted by Crippen LogP contribution is 2.17. The van der Waals surface area contributed by atoms with E-state index < -0.39 is 0 Å². The highest BCUT2D eigenvalue weighted by molar-refractivity contribution is 9.10. The van der Waals surface area contributed by atoms with Crippen molar-refractivity contribution in [3.8, 4) is 0 Å². The van der Waals surface area contributed by atoms with Gasteiger partial charge in [-0.05, 0) is 31.8 Å². The first-order valence-corrected chi connectivity index (χ1v) is 6.07. The second-order valence-electron chi connectivity index (χ2n) is 4.44. The molecule has 2 nitrogen and oxygen atoms in total. The van der Waals surface area contributed by atoms with Gasteiger partial charge in [0.15, 0.2) is 0 Å². The smallest absolute Gasteiger partial charge is 0.0344 e. The summed E-state index contributed by atoms with van der Waals surface area (Å²) in [5.41, 5.74) is 1.40. The van der Waals surface area contributed by atoms with Crippen LogP contribution in [-0.2, 0) is 6.54 Å². The third kappa shape index (κ3) is 2.80. The van der Waals surface area contributed by atoms with E-state index in [0.717, 1.165) is 17.1 Å². The van der Waals surface area contributed by atoms with Crippen LogP contribution in [0, 0.1) is 0 Å². The summed E-state index contributed by atoms with van der Waals surface area (Å²) in [6.07, 6.45) is 0. The van der Waals surface area contributed by atoms with Gasteiger partial charge in [-0.2, -0.15) is 0 Å². The molecule has 1 saturated heterocycles. The molecule has 0 spiro atoms. The van der Waals surface area contributed by atoms with Crippen LogP contribution in [0.25, 0.3) is 0 Å². The summed E-state index contributed by atoms with van der Waals surface area (Å²) in [5, 5.41) is 0. The van der Waals surface area contributed by atoms with Crippen molar-refractivity contribution in [3.63, 3.8) is 0 Å². The molecule has 0 atom stereocenters. The molecule has 1 fully saturated rings. The molecule has 15 heavy (non-hydrogen) atoms. The van der Waals surface area contributed by atoms with Crippen LogP contribution in [0.4, 0.5) is 0 Å². The molecule has 0 saturated carbocycles. The van der Waals surface area contributed by atoms with E-state index in [1.807, 2.05) is 0 Å². The molecule has 1 aliphatic rings. The Hall–Kier alpha value is -0.380. The zero-order chi connectivity index (χ0) is 10.8. The molecule has 0 aliphatic carbocycles. The molecule has 0 unspecified atom stereocenters. The fourth-order valence-corrected chi connectivity index (χ4v) is 2.11. The van der Waals surface area contributed by atoms with Gasteiger partial charge in [-0.3, -0.25) is 4.90 Å². The molecule has 1 aliphatic heterocycles. The lowest BCUT2D eigenvalue weighted by molar-refractivity contribution is 0.0574. The Labute approximate surface area is 100 Å². The molecular weight excluding hydrogens is 252 g/mol. The summed E-state index contributed by atoms with van der Waals surface area (Å²) < 4.78 is 1.15. The highest BCUT2D eigenvalue weighted by atomic mass is 79.9. The zero-order valence-electron chi connectivity index (χ0n) is 9.28. The monoisotopic (exact) mass is 268 g/mol. The zero-order valence-corrected chi connectivity index (χ0v) is 10.9. The second-order valence-corrected chi connectivity index (χ2v) is 5.35. The van der Waals surface area contributed by atoms with Crippen LogP contribution >= 0.6 is 15.9 Å². The summed E-state index contributed by atoms with van der Waals surface area (Å²) in [7, 11) is 4.31. The van der Waals surface area contributed by atoms with E-state index in [9.17, 15) is 0 Å². The van der Waals surface area contributed by atoms with Gasteiger partial charge in [0.05, 0.1) is 0 Å². The van der Waals surface area contributed by atoms with Crippen molar-refractivity contribution in [2.75, 3.05) is 27.2 Å². The van der Waals surface area contributed by atoms with Gasteiger partial charge in [-0.15, -0.1) is 0 Å². The van der Waals surface area contributed by atoms with Crippen LogP contribution in [-0.4, -0.2) is 43.0 Å². The first kappa shape index (κ1) is 11.1. The molecular formula is C12H17BrN2. The maximum absolute atomic E-state index is 3.45. The third-order valence-electron chi connectivity index (χ3n) is 2.99. The highest BCUT2D eigenvalue weighted by Gasteiger charge is 2.27. The van der Waals surface area contributed by atoms with Crippen LogP contribution in [0.5, 0.6) is 0 Å². The first-order valence-electron chi connectivity index (χ1n) is 5.28. The molecule has 3 heteroatoms. The number of hydrogen-bond donors (Lipinski definition) is 0. The van der Waals surface area contributed by atoms with E-state index in [-0.39, 0.29) is 0 Å². The molecule has 0 N–H and O–H groups in total. The number of likely N-dealkylation sites (N-methyl/N-ethyl adjacent to an activating group) is 1. The van der Waals surface area contributed by atoms with E-state index in [4.69, 9.17) is 0 Å². The van der Waals surface area contributed by atoms with Gasteiger partial charge in [-0.25, -0.2) is 0 Å². The lowest BCUT2D eigenvalue weighted by Crippen LogP contribution is -2.56. The van der Waals surface area contributed by atoms with Crippen molar-refractivity contribution in [1.29, 1.82) is 0 Å². The van der Waals surface area contributed by atoms with Gasteiger partial charge >= 0.3 is 0 Å². The van der Waals surface area contributed by atoms with Gasteiger partial charge in [0.1, 0.15) is 0 Å². The standard InChI is InChI=1S/C12H17BrN2/c1-14(2)12-8-15(9-12)7-10-3-5-11(13)6-4-10/h3-6,12H,7-9H2,1-2H3. The Morgan fingerprint density at radius 2 is 1.87 bits per heavy atom. The summed E-state index contributed by atoms with van der Waals surface area (Å²) in [6.45, 7) is 3.48. The molecule has 1 aromatic rings. The number of hydrogen-bond acceptors (Lipinski definition) is 2. The molecule has 82 valence electrons. The summed E-state index contributed by atoms with van der Waals surface area (Å²) in [4.78, 5) is 4.78. The number of halogens is 1. The molecule has 0 aromatic heterocycles. The molecule has 1 aromatic carbocycles. The lowest BCUT2D eigenvalue weighted by Gasteiger charge is -2.42. The van der Waals surface area contributed by atoms with Crippen molar-refractivity contribution in [1.82, 2.24) is 9.80 Å². The number of likely N-dealkylation sites (tertiary alicyclic amines) is 1. The van der Waals surface area contributed by atoms with Crippen molar-refractivity contribution < 1.29 is 0 Å². The van der Waals surface area contributed by atoms with Crippen molar-refractivity contribution in [2.45, 2.75) is 12.6 Å². The van der Waals surface area contributed by atoms with Crippen LogP contribution in [0.2, 0.25) is 0 Å². The Morgan fingerprint density at radius 1 is 1.27 bits per heavy atom. The minimum absolute atomic E-state index is 0.750. The Kier molecular flexibility index (Phi) is 3.44. The predicted molar refractivity (Wildman–Crippen MR) is 66.9 cm³/mol. The normalized spacial score (nSPS) is 18.1. The van der Waals surface area contributed by atoms with Gasteiger partial charge in [-0.1, -0.05) is 28.1 Å². The maximum atomic E-state index is 3.45. The average molecular weight is 269 g/mol. The lowest BCUT2D eigenvalue weighted by atomic mass is 10.1. The molecule has 2 rings (SSSR count). The van der Waals surface area contributed by atoms with Crippen molar-refractivity contribution in [2.24, 2.45) is 0 Å². The molecule has 0 amide bonds. The maximum Gasteiger partial charge on any atom is 0.0344 e. The van der Waals surface area contributed by atoms with E-state index in [0.29, 0.717) is 0 Å². The second kappa shape index (κ2) is 4.64. The fraction of sp³-hybridized carbons (Fsp3) is 0.500. The minimum atomic E-state index is 0.750. The van der Waals surface area contributed by atoms with Crippen molar-refractivity contribution in [3.05, 3.63) is 34.3 Å². The van der Waals surface area contributed by atoms with E-state index in [2.05, 4.69) is 64.1 Å². The Bertz CT molecular complexity index is 315. The van der Waals surface area contributed by atoms with Gasteiger partial charge in [0, 0.05) is 30.1 Å². The topological polar surface area (TPSA) is 6.48 Å².